The Kier molecular flexibility index (Phi) is 25.3. The summed E-state index contributed by atoms with van der Waals surface area (Å²) in [5.41, 5.74) is 1.03. The van der Waals surface area contributed by atoms with E-state index >= 15 is 0 Å². The topological polar surface area (TPSA) is 155 Å². The Bertz CT molecular complexity index is 1770. The highest BCUT2D eigenvalue weighted by atomic mass is 28.4. The third-order valence-electron chi connectivity index (χ3n) is 15.7. The molecule has 1 aliphatic heterocycles. The van der Waals surface area contributed by atoms with E-state index in [2.05, 4.69) is 121 Å². The number of methoxy groups -OCH3 is 2. The number of esters is 1. The fraction of sp³-hybridized carbons (Fsp3) is 0.833. The summed E-state index contributed by atoms with van der Waals surface area (Å²) in [4.78, 5) is 40.7. The second-order valence-electron chi connectivity index (χ2n) is 25.9. The van der Waals surface area contributed by atoms with Crippen LogP contribution in [0.5, 0.6) is 0 Å². The highest BCUT2D eigenvalue weighted by Crippen LogP contribution is 2.47. The first-order chi connectivity index (χ1) is 32.4. The molecule has 412 valence electrons. The van der Waals surface area contributed by atoms with Crippen molar-refractivity contribution in [3.05, 3.63) is 35.9 Å². The lowest BCUT2D eigenvalue weighted by molar-refractivity contribution is -0.311. The van der Waals surface area contributed by atoms with E-state index in [0.717, 1.165) is 11.6 Å². The lowest BCUT2D eigenvalue weighted by atomic mass is 9.82. The Morgan fingerprint density at radius 3 is 1.89 bits per heavy atom. The Labute approximate surface area is 435 Å². The lowest BCUT2D eigenvalue weighted by Crippen LogP contribution is -2.60. The van der Waals surface area contributed by atoms with Gasteiger partial charge in [0.2, 0.25) is 0 Å². The number of carboxylic acid groups (broad SMARTS) is 1. The molecule has 0 unspecified atom stereocenters. The maximum Gasteiger partial charge on any atom is 0.313 e. The largest absolute Gasteiger partial charge is 0.481 e. The predicted octanol–water partition coefficient (Wildman–Crippen LogP) is 13.0. The third kappa shape index (κ3) is 21.1. The molecule has 2 rings (SSSR count). The molecule has 1 saturated heterocycles. The van der Waals surface area contributed by atoms with Gasteiger partial charge in [-0.15, -0.1) is 0 Å². The Morgan fingerprint density at radius 1 is 0.803 bits per heavy atom. The average molecular weight is 1070 g/mol. The number of benzene rings is 1. The fourth-order valence-corrected chi connectivity index (χ4v) is 12.9. The van der Waals surface area contributed by atoms with Crippen molar-refractivity contribution in [3.63, 3.8) is 0 Å². The first kappa shape index (κ1) is 65.5. The minimum atomic E-state index is -2.53. The standard InChI is InChI=1S/C54H102O13Si4/c1-22-44(49(56)57)45(66-70(18,19)52(5,6)7)33-41(55)29-26-30-42(65-69(16,17)51(2,3)4)35-54(60-12)36-47(67-71(20,21)53(8,9)10)48(50(58)59-11)46(64-54)34-43(63-39-61-31-32-68(13,14)15)38-62-37-40-27-24-23-25-28-40/h23-25,27-28,42-48H,22,26,29-39H2,1-21H3,(H,56,57)/t42-,43+,44-,45+,46-,47-,48-,54+/m0/s1. The van der Waals surface area contributed by atoms with Crippen LogP contribution in [0.4, 0.5) is 0 Å². The molecule has 71 heavy (non-hydrogen) atoms. The Hall–Kier alpha value is -1.62. The molecule has 1 N–H and O–H groups in total. The van der Waals surface area contributed by atoms with E-state index in [-0.39, 0.29) is 60.0 Å². The van der Waals surface area contributed by atoms with Crippen molar-refractivity contribution in [1.29, 1.82) is 0 Å². The summed E-state index contributed by atoms with van der Waals surface area (Å²) in [5.74, 6) is -4.31. The maximum absolute atomic E-state index is 14.2. The molecule has 1 aromatic rings. The van der Waals surface area contributed by atoms with Gasteiger partial charge in [-0.2, -0.15) is 0 Å². The van der Waals surface area contributed by atoms with Gasteiger partial charge in [0.15, 0.2) is 30.7 Å². The summed E-state index contributed by atoms with van der Waals surface area (Å²) in [7, 11) is -5.68. The molecule has 0 aliphatic carbocycles. The molecule has 0 radical (unpaired) electrons. The van der Waals surface area contributed by atoms with E-state index in [1.807, 2.05) is 37.3 Å². The molecule has 1 heterocycles. The van der Waals surface area contributed by atoms with Crippen molar-refractivity contribution in [2.45, 2.75) is 244 Å². The lowest BCUT2D eigenvalue weighted by Gasteiger charge is -2.51. The molecule has 1 aromatic carbocycles. The number of aliphatic carboxylic acids is 1. The van der Waals surface area contributed by atoms with Gasteiger partial charge in [0, 0.05) is 53.9 Å². The summed E-state index contributed by atoms with van der Waals surface area (Å²) >= 11 is 0. The molecule has 0 aromatic heterocycles. The molecule has 0 saturated carbocycles. The SMILES string of the molecule is CC[C@H](C(=O)O)[C@@H](CC(=O)CCC[C@@H](C[C@]1(OC)C[C@H](O[Si](C)(C)C(C)(C)C)[C@@H](C(=O)OC)[C@H](C[C@H](COCc2ccccc2)OCOCC[Si](C)(C)C)O1)O[Si](C)(C)C(C)(C)C)O[Si](C)(C)C(C)(C)C. The zero-order valence-electron chi connectivity index (χ0n) is 48.5. The van der Waals surface area contributed by atoms with Crippen LogP contribution in [0.3, 0.4) is 0 Å². The molecule has 0 amide bonds. The van der Waals surface area contributed by atoms with Crippen LogP contribution in [-0.4, -0.2) is 126 Å². The van der Waals surface area contributed by atoms with Crippen LogP contribution in [0.15, 0.2) is 30.3 Å². The second-order valence-corrected chi connectivity index (χ2v) is 45.8. The van der Waals surface area contributed by atoms with Gasteiger partial charge in [0.1, 0.15) is 18.5 Å². The van der Waals surface area contributed by atoms with E-state index in [1.54, 1.807) is 7.11 Å². The molecule has 1 aliphatic rings. The van der Waals surface area contributed by atoms with Gasteiger partial charge < -0.3 is 46.8 Å². The van der Waals surface area contributed by atoms with Crippen LogP contribution in [-0.2, 0) is 62.7 Å². The minimum absolute atomic E-state index is 0.0287. The Balaban J connectivity index is 2.66. The first-order valence-electron chi connectivity index (χ1n) is 26.3. The van der Waals surface area contributed by atoms with Crippen LogP contribution in [0, 0.1) is 11.8 Å². The number of carbonyl (C=O) groups is 3. The van der Waals surface area contributed by atoms with Crippen molar-refractivity contribution in [1.82, 2.24) is 0 Å². The first-order valence-corrected chi connectivity index (χ1v) is 38.8. The van der Waals surface area contributed by atoms with E-state index in [9.17, 15) is 19.5 Å². The molecule has 1 fully saturated rings. The normalized spacial score (nSPS) is 21.6. The minimum Gasteiger partial charge on any atom is -0.481 e. The molecule has 0 bridgehead atoms. The zero-order valence-corrected chi connectivity index (χ0v) is 52.5. The summed E-state index contributed by atoms with van der Waals surface area (Å²) in [6, 6.07) is 11.0. The molecule has 0 spiro atoms. The molecule has 13 nitrogen and oxygen atoms in total. The van der Waals surface area contributed by atoms with Crippen molar-refractivity contribution >= 4 is 50.7 Å². The quantitative estimate of drug-likeness (QED) is 0.0325. The highest BCUT2D eigenvalue weighted by Gasteiger charge is 2.55. The number of ketones is 1. The third-order valence-corrected chi connectivity index (χ3v) is 31.0. The maximum atomic E-state index is 14.2. The van der Waals surface area contributed by atoms with E-state index < -0.39 is 93.1 Å². The predicted molar refractivity (Wildman–Crippen MR) is 295 cm³/mol. The van der Waals surface area contributed by atoms with E-state index in [0.29, 0.717) is 38.9 Å². The van der Waals surface area contributed by atoms with E-state index in [4.69, 9.17) is 41.7 Å². The summed E-state index contributed by atoms with van der Waals surface area (Å²) < 4.78 is 59.5. The summed E-state index contributed by atoms with van der Waals surface area (Å²) in [5, 5.41) is 9.75. The fourth-order valence-electron chi connectivity index (χ4n) is 8.04. The van der Waals surface area contributed by atoms with Crippen LogP contribution in [0.2, 0.25) is 80.1 Å². The monoisotopic (exact) mass is 1070 g/mol. The number of carboxylic acids is 1. The van der Waals surface area contributed by atoms with Crippen molar-refractivity contribution in [2.24, 2.45) is 11.8 Å². The van der Waals surface area contributed by atoms with Crippen LogP contribution in [0.1, 0.15) is 126 Å². The summed E-state index contributed by atoms with van der Waals surface area (Å²) in [6.45, 7) is 42.5. The van der Waals surface area contributed by atoms with Crippen molar-refractivity contribution in [2.75, 3.05) is 34.2 Å². The number of rotatable bonds is 31. The van der Waals surface area contributed by atoms with Crippen molar-refractivity contribution in [3.8, 4) is 0 Å². The van der Waals surface area contributed by atoms with E-state index in [1.165, 1.54) is 7.11 Å². The van der Waals surface area contributed by atoms with Crippen LogP contribution in [0.25, 0.3) is 0 Å². The van der Waals surface area contributed by atoms with Gasteiger partial charge in [0.05, 0.1) is 56.8 Å². The number of Topliss-reactive ketones (excluding diaryl/α,β-unsaturated/α-hetero) is 1. The number of hydrogen-bond donors (Lipinski definition) is 1. The van der Waals surface area contributed by atoms with Crippen LogP contribution < -0.4 is 0 Å². The zero-order chi connectivity index (χ0) is 54.4. The highest BCUT2D eigenvalue weighted by molar-refractivity contribution is 6.76. The average Bonchev–Trinajstić information content (AvgIpc) is 3.21. The number of carbonyl (C=O) groups excluding carboxylic acids is 2. The van der Waals surface area contributed by atoms with Gasteiger partial charge >= 0.3 is 11.9 Å². The smallest absolute Gasteiger partial charge is 0.313 e. The Morgan fingerprint density at radius 2 is 1.38 bits per heavy atom. The van der Waals surface area contributed by atoms with Gasteiger partial charge in [-0.3, -0.25) is 14.4 Å². The number of ether oxygens (including phenoxy) is 6. The van der Waals surface area contributed by atoms with Crippen LogP contribution >= 0.6 is 0 Å². The van der Waals surface area contributed by atoms with Gasteiger partial charge in [0.25, 0.3) is 0 Å². The molecule has 8 atom stereocenters. The molecular weight excluding hydrogens is 969 g/mol. The van der Waals surface area contributed by atoms with Gasteiger partial charge in [-0.05, 0) is 85.3 Å². The van der Waals surface area contributed by atoms with Crippen molar-refractivity contribution < 1.29 is 61.2 Å². The second kappa shape index (κ2) is 27.4. The number of hydrogen-bond acceptors (Lipinski definition) is 12. The summed E-state index contributed by atoms with van der Waals surface area (Å²) in [6.07, 6.45) is -0.659. The molecule has 17 heteroatoms. The van der Waals surface area contributed by atoms with Gasteiger partial charge in [-0.1, -0.05) is 119 Å². The van der Waals surface area contributed by atoms with Gasteiger partial charge in [-0.25, -0.2) is 0 Å². The molecular formula is C54H102O13Si4.